The van der Waals surface area contributed by atoms with Crippen LogP contribution in [0.4, 0.5) is 5.69 Å². The van der Waals surface area contributed by atoms with E-state index in [0.29, 0.717) is 11.6 Å². The molecule has 1 atom stereocenters. The molecule has 0 fully saturated rings. The number of hydrogen-bond acceptors (Lipinski definition) is 2. The first-order valence-corrected chi connectivity index (χ1v) is 6.88. The first-order chi connectivity index (χ1) is 8.93. The third-order valence-electron chi connectivity index (χ3n) is 3.20. The van der Waals surface area contributed by atoms with Crippen LogP contribution in [0.2, 0.25) is 5.02 Å². The molecule has 106 valence electrons. The molecule has 0 N–H and O–H groups in total. The third-order valence-corrected chi connectivity index (χ3v) is 3.68. The number of rotatable bonds is 5. The lowest BCUT2D eigenvalue weighted by atomic mass is 10.0. The van der Waals surface area contributed by atoms with Crippen molar-refractivity contribution in [3.8, 4) is 0 Å². The molecule has 0 saturated carbocycles. The second-order valence-corrected chi connectivity index (χ2v) is 5.13. The number of anilines is 1. The number of amides is 1. The Bertz CT molecular complexity index is 460. The van der Waals surface area contributed by atoms with E-state index in [1.165, 1.54) is 0 Å². The van der Waals surface area contributed by atoms with Crippen molar-refractivity contribution in [3.05, 3.63) is 28.3 Å². The first kappa shape index (κ1) is 16.0. The number of carbonyl (C=O) groups is 1. The van der Waals surface area contributed by atoms with Crippen molar-refractivity contribution < 1.29 is 9.53 Å². The number of halogens is 1. The molecule has 0 heterocycles. The van der Waals surface area contributed by atoms with Crippen LogP contribution >= 0.6 is 11.6 Å². The molecular formula is C15H22ClNO2. The SMILES string of the molecule is CCc1ccc(C)c(Cl)c1N(C(C)=O)C(C)COC. The van der Waals surface area contributed by atoms with Gasteiger partial charge in [-0.1, -0.05) is 30.7 Å². The van der Waals surface area contributed by atoms with Crippen molar-refractivity contribution in [2.24, 2.45) is 0 Å². The molecule has 0 bridgehead atoms. The second kappa shape index (κ2) is 6.92. The summed E-state index contributed by atoms with van der Waals surface area (Å²) in [6, 6.07) is 3.97. The summed E-state index contributed by atoms with van der Waals surface area (Å²) in [7, 11) is 1.63. The molecule has 0 radical (unpaired) electrons. The zero-order chi connectivity index (χ0) is 14.6. The molecule has 3 nitrogen and oxygen atoms in total. The molecule has 19 heavy (non-hydrogen) atoms. The van der Waals surface area contributed by atoms with E-state index in [1.807, 2.05) is 26.0 Å². The van der Waals surface area contributed by atoms with Gasteiger partial charge in [0, 0.05) is 14.0 Å². The van der Waals surface area contributed by atoms with Gasteiger partial charge in [0.2, 0.25) is 5.91 Å². The van der Waals surface area contributed by atoms with Crippen molar-refractivity contribution in [2.75, 3.05) is 18.6 Å². The largest absolute Gasteiger partial charge is 0.383 e. The Balaban J connectivity index is 3.37. The van der Waals surface area contributed by atoms with Crippen LogP contribution in [-0.4, -0.2) is 25.7 Å². The van der Waals surface area contributed by atoms with Gasteiger partial charge in [0.1, 0.15) is 0 Å². The molecule has 1 aromatic rings. The van der Waals surface area contributed by atoms with Crippen LogP contribution in [0.1, 0.15) is 31.9 Å². The van der Waals surface area contributed by atoms with E-state index < -0.39 is 0 Å². The van der Waals surface area contributed by atoms with Gasteiger partial charge in [0.15, 0.2) is 0 Å². The van der Waals surface area contributed by atoms with E-state index in [1.54, 1.807) is 18.9 Å². The summed E-state index contributed by atoms with van der Waals surface area (Å²) in [6.45, 7) is 8.01. The van der Waals surface area contributed by atoms with E-state index >= 15 is 0 Å². The minimum absolute atomic E-state index is 0.0215. The Kier molecular flexibility index (Phi) is 5.83. The van der Waals surface area contributed by atoms with Crippen LogP contribution in [0.15, 0.2) is 12.1 Å². The Hall–Kier alpha value is -1.06. The maximum atomic E-state index is 12.0. The summed E-state index contributed by atoms with van der Waals surface area (Å²) >= 11 is 6.43. The van der Waals surface area contributed by atoms with Crippen molar-refractivity contribution in [2.45, 2.75) is 40.2 Å². The third kappa shape index (κ3) is 3.48. The Labute approximate surface area is 120 Å². The minimum Gasteiger partial charge on any atom is -0.383 e. The van der Waals surface area contributed by atoms with E-state index in [9.17, 15) is 4.79 Å². The number of nitrogens with zero attached hydrogens (tertiary/aromatic N) is 1. The normalized spacial score (nSPS) is 12.3. The van der Waals surface area contributed by atoms with Gasteiger partial charge in [0.05, 0.1) is 23.4 Å². The molecule has 0 saturated heterocycles. The Morgan fingerprint density at radius 2 is 2.11 bits per heavy atom. The van der Waals surface area contributed by atoms with Crippen molar-refractivity contribution in [3.63, 3.8) is 0 Å². The van der Waals surface area contributed by atoms with Gasteiger partial charge < -0.3 is 9.64 Å². The molecule has 0 aliphatic heterocycles. The van der Waals surface area contributed by atoms with Gasteiger partial charge >= 0.3 is 0 Å². The predicted octanol–water partition coefficient (Wildman–Crippen LogP) is 3.60. The average Bonchev–Trinajstić information content (AvgIpc) is 2.35. The number of carbonyl (C=O) groups excluding carboxylic acids is 1. The summed E-state index contributed by atoms with van der Waals surface area (Å²) in [6.07, 6.45) is 0.832. The molecule has 0 aliphatic rings. The Morgan fingerprint density at radius 3 is 2.58 bits per heavy atom. The summed E-state index contributed by atoms with van der Waals surface area (Å²) in [5.41, 5.74) is 2.87. The van der Waals surface area contributed by atoms with E-state index in [0.717, 1.165) is 23.2 Å². The average molecular weight is 284 g/mol. The highest BCUT2D eigenvalue weighted by molar-refractivity contribution is 6.34. The topological polar surface area (TPSA) is 29.5 Å². The molecule has 0 aromatic heterocycles. The highest BCUT2D eigenvalue weighted by Crippen LogP contribution is 2.34. The van der Waals surface area contributed by atoms with Crippen LogP contribution in [0.3, 0.4) is 0 Å². The molecule has 0 spiro atoms. The first-order valence-electron chi connectivity index (χ1n) is 6.50. The molecule has 1 amide bonds. The standard InChI is InChI=1S/C15H22ClNO2/c1-6-13-8-7-10(2)14(16)15(13)17(12(4)18)11(3)9-19-5/h7-8,11H,6,9H2,1-5H3. The minimum atomic E-state index is -0.0490. The molecule has 1 aromatic carbocycles. The fourth-order valence-electron chi connectivity index (χ4n) is 2.26. The van der Waals surface area contributed by atoms with Gasteiger partial charge in [-0.05, 0) is 31.4 Å². The van der Waals surface area contributed by atoms with Crippen LogP contribution in [-0.2, 0) is 16.0 Å². The van der Waals surface area contributed by atoms with Gasteiger partial charge in [-0.3, -0.25) is 4.79 Å². The van der Waals surface area contributed by atoms with Crippen LogP contribution in [0.25, 0.3) is 0 Å². The highest BCUT2D eigenvalue weighted by Gasteiger charge is 2.24. The van der Waals surface area contributed by atoms with E-state index in [4.69, 9.17) is 16.3 Å². The molecule has 1 unspecified atom stereocenters. The van der Waals surface area contributed by atoms with Crippen LogP contribution in [0.5, 0.6) is 0 Å². The monoisotopic (exact) mass is 283 g/mol. The van der Waals surface area contributed by atoms with Gasteiger partial charge in [0.25, 0.3) is 0 Å². The summed E-state index contributed by atoms with van der Waals surface area (Å²) < 4.78 is 5.16. The maximum absolute atomic E-state index is 12.0. The zero-order valence-corrected chi connectivity index (χ0v) is 13.0. The smallest absolute Gasteiger partial charge is 0.224 e. The molecule has 4 heteroatoms. The van der Waals surface area contributed by atoms with Gasteiger partial charge in [-0.25, -0.2) is 0 Å². The number of aryl methyl sites for hydroxylation is 2. The lowest BCUT2D eigenvalue weighted by Crippen LogP contribution is -2.40. The van der Waals surface area contributed by atoms with Gasteiger partial charge in [-0.2, -0.15) is 0 Å². The van der Waals surface area contributed by atoms with Crippen molar-refractivity contribution in [1.29, 1.82) is 0 Å². The van der Waals surface area contributed by atoms with Crippen LogP contribution in [0, 0.1) is 6.92 Å². The number of ether oxygens (including phenoxy) is 1. The number of hydrogen-bond donors (Lipinski definition) is 0. The number of methoxy groups -OCH3 is 1. The van der Waals surface area contributed by atoms with Crippen molar-refractivity contribution in [1.82, 2.24) is 0 Å². The van der Waals surface area contributed by atoms with Crippen molar-refractivity contribution >= 4 is 23.2 Å². The second-order valence-electron chi connectivity index (χ2n) is 4.75. The van der Waals surface area contributed by atoms with E-state index in [-0.39, 0.29) is 11.9 Å². The fourth-order valence-corrected chi connectivity index (χ4v) is 2.53. The molecule has 0 aliphatic carbocycles. The lowest BCUT2D eigenvalue weighted by molar-refractivity contribution is -0.117. The maximum Gasteiger partial charge on any atom is 0.224 e. The molecular weight excluding hydrogens is 262 g/mol. The van der Waals surface area contributed by atoms with Gasteiger partial charge in [-0.15, -0.1) is 0 Å². The molecule has 1 rings (SSSR count). The Morgan fingerprint density at radius 1 is 1.47 bits per heavy atom. The predicted molar refractivity (Wildman–Crippen MR) is 80.1 cm³/mol. The fraction of sp³-hybridized carbons (Fsp3) is 0.533. The lowest BCUT2D eigenvalue weighted by Gasteiger charge is -2.31. The van der Waals surface area contributed by atoms with Crippen LogP contribution < -0.4 is 4.90 Å². The summed E-state index contributed by atoms with van der Waals surface area (Å²) in [5, 5.41) is 0.650. The number of benzene rings is 1. The van der Waals surface area contributed by atoms with E-state index in [2.05, 4.69) is 6.92 Å². The quantitative estimate of drug-likeness (QED) is 0.826. The summed E-state index contributed by atoms with van der Waals surface area (Å²) in [5.74, 6) is -0.0215. The highest BCUT2D eigenvalue weighted by atomic mass is 35.5. The summed E-state index contributed by atoms with van der Waals surface area (Å²) in [4.78, 5) is 13.7. The zero-order valence-electron chi connectivity index (χ0n) is 12.3.